The van der Waals surface area contributed by atoms with Crippen LogP contribution in [0.1, 0.15) is 31.4 Å². The number of hydrogen-bond acceptors (Lipinski definition) is 5. The molecule has 33 heavy (non-hydrogen) atoms. The number of piperazine rings is 1. The van der Waals surface area contributed by atoms with Gasteiger partial charge in [0.15, 0.2) is 0 Å². The molecular formula is C25H34FN3O3S. The molecule has 2 aliphatic rings. The first-order valence-corrected chi connectivity index (χ1v) is 13.1. The molecule has 2 aliphatic heterocycles. The van der Waals surface area contributed by atoms with Gasteiger partial charge in [-0.1, -0.05) is 18.2 Å². The summed E-state index contributed by atoms with van der Waals surface area (Å²) < 4.78 is 48.3. The fraction of sp³-hybridized carbons (Fsp3) is 0.520. The molecule has 2 aromatic rings. The largest absolute Gasteiger partial charge is 0.495 e. The van der Waals surface area contributed by atoms with Crippen molar-refractivity contribution in [1.82, 2.24) is 14.1 Å². The molecule has 2 heterocycles. The Morgan fingerprint density at radius 1 is 1.09 bits per heavy atom. The summed E-state index contributed by atoms with van der Waals surface area (Å²) in [4.78, 5) is 4.92. The molecule has 0 aromatic heterocycles. The van der Waals surface area contributed by atoms with Gasteiger partial charge in [-0.15, -0.1) is 0 Å². The third kappa shape index (κ3) is 4.94. The van der Waals surface area contributed by atoms with E-state index >= 15 is 0 Å². The lowest BCUT2D eigenvalue weighted by atomic mass is 9.98. The molecule has 0 bridgehead atoms. The van der Waals surface area contributed by atoms with Crippen LogP contribution < -0.4 is 4.74 Å². The minimum atomic E-state index is -3.76. The molecule has 0 saturated carbocycles. The lowest BCUT2D eigenvalue weighted by molar-refractivity contribution is -0.0564. The Balaban J connectivity index is 1.69. The molecule has 6 nitrogen and oxygen atoms in total. The van der Waals surface area contributed by atoms with Crippen molar-refractivity contribution in [3.8, 4) is 5.75 Å². The van der Waals surface area contributed by atoms with Gasteiger partial charge in [0.2, 0.25) is 10.0 Å². The number of methoxy groups -OCH3 is 1. The Morgan fingerprint density at radius 3 is 2.48 bits per heavy atom. The van der Waals surface area contributed by atoms with E-state index in [0.29, 0.717) is 24.9 Å². The van der Waals surface area contributed by atoms with Gasteiger partial charge in [0.1, 0.15) is 16.5 Å². The number of fused-ring (bicyclic) bond motifs is 1. The van der Waals surface area contributed by atoms with E-state index < -0.39 is 10.0 Å². The highest BCUT2D eigenvalue weighted by Crippen LogP contribution is 2.34. The van der Waals surface area contributed by atoms with E-state index in [4.69, 9.17) is 4.74 Å². The van der Waals surface area contributed by atoms with Crippen LogP contribution in [0.3, 0.4) is 0 Å². The second kappa shape index (κ2) is 9.70. The van der Waals surface area contributed by atoms with Gasteiger partial charge >= 0.3 is 0 Å². The zero-order valence-corrected chi connectivity index (χ0v) is 20.7. The van der Waals surface area contributed by atoms with Crippen molar-refractivity contribution < 1.29 is 17.5 Å². The van der Waals surface area contributed by atoms with Crippen LogP contribution in [-0.2, 0) is 16.4 Å². The molecule has 0 N–H and O–H groups in total. The highest BCUT2D eigenvalue weighted by Gasteiger charge is 2.45. The third-order valence-corrected chi connectivity index (χ3v) is 8.76. The van der Waals surface area contributed by atoms with E-state index in [1.54, 1.807) is 16.4 Å². The van der Waals surface area contributed by atoms with Gasteiger partial charge < -0.3 is 4.74 Å². The van der Waals surface area contributed by atoms with Gasteiger partial charge in [0, 0.05) is 38.3 Å². The summed E-state index contributed by atoms with van der Waals surface area (Å²) in [5.41, 5.74) is 1.94. The molecule has 180 valence electrons. The number of rotatable bonds is 6. The highest BCUT2D eigenvalue weighted by molar-refractivity contribution is 7.89. The van der Waals surface area contributed by atoms with Crippen LogP contribution in [-0.4, -0.2) is 74.1 Å². The van der Waals surface area contributed by atoms with Gasteiger partial charge in [-0.3, -0.25) is 9.80 Å². The minimum absolute atomic E-state index is 0.147. The summed E-state index contributed by atoms with van der Waals surface area (Å²) in [6.07, 6.45) is 1.27. The van der Waals surface area contributed by atoms with Crippen molar-refractivity contribution in [2.75, 3.05) is 33.3 Å². The summed E-state index contributed by atoms with van der Waals surface area (Å²) in [6, 6.07) is 12.4. The molecule has 2 aromatic carbocycles. The molecule has 2 fully saturated rings. The Kier molecular flexibility index (Phi) is 7.09. The fourth-order valence-corrected chi connectivity index (χ4v) is 6.91. The molecule has 8 heteroatoms. The average Bonchev–Trinajstić information content (AvgIpc) is 2.80. The van der Waals surface area contributed by atoms with Crippen molar-refractivity contribution in [1.29, 1.82) is 0 Å². The number of benzene rings is 2. The van der Waals surface area contributed by atoms with Crippen molar-refractivity contribution in [2.24, 2.45) is 0 Å². The highest BCUT2D eigenvalue weighted by atomic mass is 32.2. The Bertz CT molecular complexity index is 1070. The normalized spacial score (nSPS) is 23.0. The van der Waals surface area contributed by atoms with Gasteiger partial charge in [-0.05, 0) is 69.0 Å². The first kappa shape index (κ1) is 24.1. The number of hydrogen-bond donors (Lipinski definition) is 0. The number of aryl methyl sites for hydroxylation is 1. The molecule has 4 rings (SSSR count). The van der Waals surface area contributed by atoms with Gasteiger partial charge in [-0.25, -0.2) is 12.8 Å². The predicted octanol–water partition coefficient (Wildman–Crippen LogP) is 3.50. The van der Waals surface area contributed by atoms with E-state index in [0.717, 1.165) is 37.1 Å². The van der Waals surface area contributed by atoms with E-state index in [1.807, 2.05) is 25.1 Å². The summed E-state index contributed by atoms with van der Waals surface area (Å²) in [7, 11) is -2.25. The second-order valence-corrected chi connectivity index (χ2v) is 11.2. The van der Waals surface area contributed by atoms with Crippen LogP contribution >= 0.6 is 0 Å². The quantitative estimate of drug-likeness (QED) is 0.640. The Morgan fingerprint density at radius 2 is 1.82 bits per heavy atom. The Labute approximate surface area is 197 Å². The second-order valence-electron chi connectivity index (χ2n) is 9.37. The van der Waals surface area contributed by atoms with Crippen LogP contribution in [0.15, 0.2) is 47.4 Å². The van der Waals surface area contributed by atoms with Crippen molar-refractivity contribution in [2.45, 2.75) is 56.8 Å². The molecule has 0 aliphatic carbocycles. The standard InChI is InChI=1S/C25H34FN3O3S/c1-18(2)27-16-22(15-20-7-9-21(26)10-8-20)28-12-5-13-29(25(28)17-27)33(30,31)24-14-19(3)6-11-23(24)32-4/h6-11,14,18,22,25H,5,12-13,15-17H2,1-4H3. The topological polar surface area (TPSA) is 53.1 Å². The van der Waals surface area contributed by atoms with Crippen LogP contribution in [0.5, 0.6) is 5.75 Å². The van der Waals surface area contributed by atoms with Crippen molar-refractivity contribution in [3.63, 3.8) is 0 Å². The maximum absolute atomic E-state index is 13.9. The maximum atomic E-state index is 13.9. The van der Waals surface area contributed by atoms with Crippen LogP contribution in [0.2, 0.25) is 0 Å². The average molecular weight is 476 g/mol. The van der Waals surface area contributed by atoms with E-state index in [1.165, 1.54) is 19.2 Å². The molecule has 0 spiro atoms. The van der Waals surface area contributed by atoms with Crippen LogP contribution in [0.25, 0.3) is 0 Å². The van der Waals surface area contributed by atoms with Gasteiger partial charge in [0.25, 0.3) is 0 Å². The first-order chi connectivity index (χ1) is 15.7. The molecule has 2 atom stereocenters. The molecular weight excluding hydrogens is 441 g/mol. The smallest absolute Gasteiger partial charge is 0.248 e. The van der Waals surface area contributed by atoms with Crippen molar-refractivity contribution >= 4 is 10.0 Å². The molecule has 0 radical (unpaired) electrons. The summed E-state index contributed by atoms with van der Waals surface area (Å²) in [5, 5.41) is 0. The number of halogens is 1. The zero-order chi connectivity index (χ0) is 23.8. The maximum Gasteiger partial charge on any atom is 0.248 e. The lowest BCUT2D eigenvalue weighted by Crippen LogP contribution is -2.68. The van der Waals surface area contributed by atoms with Gasteiger partial charge in [-0.2, -0.15) is 4.31 Å². The molecule has 2 unspecified atom stereocenters. The predicted molar refractivity (Wildman–Crippen MR) is 127 cm³/mol. The minimum Gasteiger partial charge on any atom is -0.495 e. The lowest BCUT2D eigenvalue weighted by Gasteiger charge is -2.53. The SMILES string of the molecule is COc1ccc(C)cc1S(=O)(=O)N1CCCN2C(Cc3ccc(F)cc3)CN(C(C)C)CC21. The molecule has 0 amide bonds. The van der Waals surface area contributed by atoms with Crippen LogP contribution in [0, 0.1) is 12.7 Å². The van der Waals surface area contributed by atoms with Crippen LogP contribution in [0.4, 0.5) is 4.39 Å². The van der Waals surface area contributed by atoms with E-state index in [9.17, 15) is 12.8 Å². The van der Waals surface area contributed by atoms with E-state index in [-0.39, 0.29) is 22.9 Å². The summed E-state index contributed by atoms with van der Waals surface area (Å²) in [5.74, 6) is 0.128. The Hall–Kier alpha value is -2.00. The van der Waals surface area contributed by atoms with Gasteiger partial charge in [0.05, 0.1) is 13.3 Å². The fourth-order valence-electron chi connectivity index (χ4n) is 5.04. The summed E-state index contributed by atoms with van der Waals surface area (Å²) >= 11 is 0. The van der Waals surface area contributed by atoms with E-state index in [2.05, 4.69) is 23.6 Å². The third-order valence-electron chi connectivity index (χ3n) is 6.84. The van der Waals surface area contributed by atoms with Crippen molar-refractivity contribution in [3.05, 3.63) is 59.4 Å². The number of sulfonamides is 1. The number of ether oxygens (including phenoxy) is 1. The monoisotopic (exact) mass is 475 g/mol. The number of nitrogens with zero attached hydrogens (tertiary/aromatic N) is 3. The first-order valence-electron chi connectivity index (χ1n) is 11.6. The zero-order valence-electron chi connectivity index (χ0n) is 19.9. The summed E-state index contributed by atoms with van der Waals surface area (Å²) in [6.45, 7) is 9.03. The molecule has 2 saturated heterocycles.